The second-order valence-electron chi connectivity index (χ2n) is 8.98. The van der Waals surface area contributed by atoms with E-state index in [9.17, 15) is 9.18 Å². The zero-order chi connectivity index (χ0) is 25.2. The molecule has 5 rings (SSSR count). The molecule has 0 aliphatic carbocycles. The van der Waals surface area contributed by atoms with Crippen LogP contribution in [0.3, 0.4) is 0 Å². The predicted octanol–water partition coefficient (Wildman–Crippen LogP) is 6.44. The minimum Gasteiger partial charge on any atom is -0.334 e. The van der Waals surface area contributed by atoms with Crippen LogP contribution in [0.2, 0.25) is 0 Å². The van der Waals surface area contributed by atoms with Crippen molar-refractivity contribution in [2.75, 3.05) is 0 Å². The van der Waals surface area contributed by atoms with Crippen molar-refractivity contribution in [3.05, 3.63) is 112 Å². The molecular formula is C29H27FN4O2. The number of hydrogen-bond donors (Lipinski definition) is 1. The molecule has 1 N–H and O–H groups in total. The van der Waals surface area contributed by atoms with E-state index >= 15 is 0 Å². The summed E-state index contributed by atoms with van der Waals surface area (Å²) in [6.07, 6.45) is 0.944. The molecule has 4 aromatic rings. The topological polar surface area (TPSA) is 71.3 Å². The van der Waals surface area contributed by atoms with Crippen molar-refractivity contribution in [2.45, 2.75) is 39.8 Å². The van der Waals surface area contributed by atoms with Crippen LogP contribution in [-0.4, -0.2) is 21.1 Å². The molecule has 2 heterocycles. The highest BCUT2D eigenvalue weighted by Crippen LogP contribution is 2.38. The fourth-order valence-corrected chi connectivity index (χ4v) is 4.37. The van der Waals surface area contributed by atoms with Gasteiger partial charge in [-0.1, -0.05) is 78.3 Å². The molecule has 36 heavy (non-hydrogen) atoms. The number of nitrogens with one attached hydrogen (secondary N) is 1. The van der Waals surface area contributed by atoms with Crippen molar-refractivity contribution >= 4 is 11.6 Å². The molecule has 182 valence electrons. The third-order valence-corrected chi connectivity index (χ3v) is 6.54. The number of aryl methyl sites for hydroxylation is 2. The molecule has 0 saturated heterocycles. The standard InChI is InChI=1S/C29H27FN4O2/c1-4-20-9-11-23(12-10-20)27-32-28(36-33-27)25-19(3)34(17-21-7-5-18(2)6-8-21)29(35)31-26(25)22-13-15-24(30)16-14-22/h5-16,26H,4,17H2,1-3H3,(H,31,35). The summed E-state index contributed by atoms with van der Waals surface area (Å²) in [6, 6.07) is 21.3. The van der Waals surface area contributed by atoms with Crippen LogP contribution in [-0.2, 0) is 13.0 Å². The van der Waals surface area contributed by atoms with Gasteiger partial charge >= 0.3 is 6.03 Å². The Labute approximate surface area is 209 Å². The monoisotopic (exact) mass is 482 g/mol. The lowest BCUT2D eigenvalue weighted by molar-refractivity contribution is 0.203. The number of aromatic nitrogens is 2. The Kier molecular flexibility index (Phi) is 6.38. The molecule has 1 aliphatic heterocycles. The molecule has 1 unspecified atom stereocenters. The van der Waals surface area contributed by atoms with E-state index in [1.54, 1.807) is 17.0 Å². The number of carbonyl (C=O) groups is 1. The van der Waals surface area contributed by atoms with E-state index in [2.05, 4.69) is 17.4 Å². The minimum atomic E-state index is -0.567. The Morgan fingerprint density at radius 2 is 1.61 bits per heavy atom. The Hall–Kier alpha value is -4.26. The van der Waals surface area contributed by atoms with E-state index in [1.165, 1.54) is 17.7 Å². The van der Waals surface area contributed by atoms with Crippen LogP contribution < -0.4 is 5.32 Å². The molecule has 6 nitrogen and oxygen atoms in total. The molecule has 0 saturated carbocycles. The van der Waals surface area contributed by atoms with Gasteiger partial charge in [0.2, 0.25) is 5.82 Å². The normalized spacial score (nSPS) is 15.8. The lowest BCUT2D eigenvalue weighted by Crippen LogP contribution is -2.45. The largest absolute Gasteiger partial charge is 0.334 e. The highest BCUT2D eigenvalue weighted by atomic mass is 19.1. The second-order valence-corrected chi connectivity index (χ2v) is 8.98. The highest BCUT2D eigenvalue weighted by Gasteiger charge is 2.35. The summed E-state index contributed by atoms with van der Waals surface area (Å²) in [5.74, 6) is 0.429. The molecule has 0 radical (unpaired) electrons. The third-order valence-electron chi connectivity index (χ3n) is 6.54. The lowest BCUT2D eigenvalue weighted by atomic mass is 9.94. The van der Waals surface area contributed by atoms with Gasteiger partial charge < -0.3 is 9.84 Å². The van der Waals surface area contributed by atoms with Gasteiger partial charge in [0.15, 0.2) is 0 Å². The number of carbonyl (C=O) groups excluding carboxylic acids is 1. The number of halogens is 1. The maximum Gasteiger partial charge on any atom is 0.322 e. The van der Waals surface area contributed by atoms with Crippen LogP contribution in [0, 0.1) is 12.7 Å². The summed E-state index contributed by atoms with van der Waals surface area (Å²) in [6.45, 7) is 6.39. The van der Waals surface area contributed by atoms with Gasteiger partial charge in [-0.15, -0.1) is 0 Å². The maximum absolute atomic E-state index is 13.7. The van der Waals surface area contributed by atoms with Crippen molar-refractivity contribution in [3.63, 3.8) is 0 Å². The minimum absolute atomic E-state index is 0.249. The average molecular weight is 483 g/mol. The van der Waals surface area contributed by atoms with Crippen LogP contribution in [0.15, 0.2) is 83.0 Å². The van der Waals surface area contributed by atoms with Gasteiger partial charge in [0, 0.05) is 11.3 Å². The van der Waals surface area contributed by atoms with Crippen LogP contribution in [0.25, 0.3) is 17.0 Å². The summed E-state index contributed by atoms with van der Waals surface area (Å²) < 4.78 is 19.4. The maximum atomic E-state index is 13.7. The Morgan fingerprint density at radius 3 is 2.28 bits per heavy atom. The van der Waals surface area contributed by atoms with Gasteiger partial charge in [-0.2, -0.15) is 4.98 Å². The number of allylic oxidation sites excluding steroid dienone is 1. The van der Waals surface area contributed by atoms with E-state index in [0.29, 0.717) is 29.5 Å². The summed E-state index contributed by atoms with van der Waals surface area (Å²) in [4.78, 5) is 19.6. The van der Waals surface area contributed by atoms with E-state index in [4.69, 9.17) is 9.51 Å². The summed E-state index contributed by atoms with van der Waals surface area (Å²) in [7, 11) is 0. The smallest absolute Gasteiger partial charge is 0.322 e. The number of amides is 2. The molecule has 0 fully saturated rings. The fraction of sp³-hybridized carbons (Fsp3) is 0.207. The first-order valence-corrected chi connectivity index (χ1v) is 12.0. The van der Waals surface area contributed by atoms with Crippen LogP contribution >= 0.6 is 0 Å². The zero-order valence-electron chi connectivity index (χ0n) is 20.5. The molecular weight excluding hydrogens is 455 g/mol. The van der Waals surface area contributed by atoms with E-state index in [1.807, 2.05) is 62.4 Å². The third kappa shape index (κ3) is 4.64. The van der Waals surface area contributed by atoms with Gasteiger partial charge in [-0.25, -0.2) is 9.18 Å². The number of benzene rings is 3. The number of urea groups is 1. The fourth-order valence-electron chi connectivity index (χ4n) is 4.37. The molecule has 0 bridgehead atoms. The van der Waals surface area contributed by atoms with Crippen LogP contribution in [0.1, 0.15) is 48.0 Å². The van der Waals surface area contributed by atoms with Gasteiger partial charge in [0.1, 0.15) is 5.82 Å². The van der Waals surface area contributed by atoms with E-state index in [-0.39, 0.29) is 11.8 Å². The molecule has 2 amide bonds. The van der Waals surface area contributed by atoms with Gasteiger partial charge in [-0.05, 0) is 49.1 Å². The van der Waals surface area contributed by atoms with E-state index in [0.717, 1.165) is 28.7 Å². The first-order chi connectivity index (χ1) is 17.4. The molecule has 1 atom stereocenters. The average Bonchev–Trinajstić information content (AvgIpc) is 3.37. The van der Waals surface area contributed by atoms with Crippen LogP contribution in [0.4, 0.5) is 9.18 Å². The number of rotatable bonds is 6. The quantitative estimate of drug-likeness (QED) is 0.343. The van der Waals surface area contributed by atoms with E-state index < -0.39 is 6.04 Å². The Morgan fingerprint density at radius 1 is 0.944 bits per heavy atom. The van der Waals surface area contributed by atoms with Crippen molar-refractivity contribution in [1.29, 1.82) is 0 Å². The van der Waals surface area contributed by atoms with Crippen molar-refractivity contribution in [2.24, 2.45) is 0 Å². The van der Waals surface area contributed by atoms with Gasteiger partial charge in [-0.3, -0.25) is 4.90 Å². The molecule has 3 aromatic carbocycles. The number of hydrogen-bond acceptors (Lipinski definition) is 4. The predicted molar refractivity (Wildman–Crippen MR) is 136 cm³/mol. The highest BCUT2D eigenvalue weighted by molar-refractivity contribution is 5.86. The second kappa shape index (κ2) is 9.77. The van der Waals surface area contributed by atoms with Gasteiger partial charge in [0.05, 0.1) is 18.2 Å². The zero-order valence-corrected chi connectivity index (χ0v) is 20.5. The van der Waals surface area contributed by atoms with Crippen molar-refractivity contribution in [1.82, 2.24) is 20.4 Å². The first kappa shape index (κ1) is 23.5. The summed E-state index contributed by atoms with van der Waals surface area (Å²) >= 11 is 0. The Balaban J connectivity index is 1.57. The van der Waals surface area contributed by atoms with Crippen molar-refractivity contribution < 1.29 is 13.7 Å². The number of nitrogens with zero attached hydrogens (tertiary/aromatic N) is 3. The van der Waals surface area contributed by atoms with Gasteiger partial charge in [0.25, 0.3) is 5.89 Å². The summed E-state index contributed by atoms with van der Waals surface area (Å²) in [5, 5.41) is 7.28. The lowest BCUT2D eigenvalue weighted by Gasteiger charge is -2.35. The Bertz CT molecular complexity index is 1410. The molecule has 7 heteroatoms. The molecule has 1 aliphatic rings. The SMILES string of the molecule is CCc1ccc(-c2noc(C3=C(C)N(Cc4ccc(C)cc4)C(=O)NC3c3ccc(F)cc3)n2)cc1. The van der Waals surface area contributed by atoms with Crippen molar-refractivity contribution in [3.8, 4) is 11.4 Å². The van der Waals surface area contributed by atoms with Crippen LogP contribution in [0.5, 0.6) is 0 Å². The molecule has 1 aromatic heterocycles. The first-order valence-electron chi connectivity index (χ1n) is 12.0. The molecule has 0 spiro atoms. The summed E-state index contributed by atoms with van der Waals surface area (Å²) in [5.41, 5.74) is 6.31.